The Kier molecular flexibility index (Phi) is 4.60. The first-order chi connectivity index (χ1) is 10.2. The van der Waals surface area contributed by atoms with Crippen LogP contribution in [-0.2, 0) is 6.42 Å². The lowest BCUT2D eigenvalue weighted by atomic mass is 9.93. The molecule has 3 unspecified atom stereocenters. The summed E-state index contributed by atoms with van der Waals surface area (Å²) in [6, 6.07) is 6.93. The molecule has 1 fully saturated rings. The predicted molar refractivity (Wildman–Crippen MR) is 93.1 cm³/mol. The van der Waals surface area contributed by atoms with Crippen molar-refractivity contribution in [2.75, 3.05) is 5.88 Å². The minimum Gasteiger partial charge on any atom is -0.325 e. The maximum Gasteiger partial charge on any atom is 0.111 e. The number of aromatic nitrogens is 2. The van der Waals surface area contributed by atoms with E-state index in [4.69, 9.17) is 16.6 Å². The number of benzene rings is 1. The van der Waals surface area contributed by atoms with E-state index < -0.39 is 0 Å². The zero-order valence-electron chi connectivity index (χ0n) is 12.6. The molecule has 1 aromatic carbocycles. The number of aryl methyl sites for hydroxylation is 1. The molecule has 21 heavy (non-hydrogen) atoms. The topological polar surface area (TPSA) is 17.8 Å². The summed E-state index contributed by atoms with van der Waals surface area (Å²) >= 11 is 9.60. The van der Waals surface area contributed by atoms with E-state index in [0.29, 0.717) is 17.8 Å². The van der Waals surface area contributed by atoms with Crippen molar-refractivity contribution in [3.8, 4) is 0 Å². The van der Waals surface area contributed by atoms with Crippen molar-refractivity contribution in [3.05, 3.63) is 28.5 Å². The van der Waals surface area contributed by atoms with Crippen molar-refractivity contribution < 1.29 is 0 Å². The Labute approximate surface area is 140 Å². The Morgan fingerprint density at radius 3 is 2.86 bits per heavy atom. The monoisotopic (exact) mass is 368 g/mol. The van der Waals surface area contributed by atoms with Gasteiger partial charge in [-0.05, 0) is 42.9 Å². The summed E-state index contributed by atoms with van der Waals surface area (Å²) in [7, 11) is 0. The Morgan fingerprint density at radius 1 is 1.38 bits per heavy atom. The SMILES string of the molecule is CCC1CCC(n2c(CCCl)nc3ccc(Br)cc32)C1C. The molecule has 1 aromatic heterocycles. The van der Waals surface area contributed by atoms with Crippen molar-refractivity contribution in [2.45, 2.75) is 45.6 Å². The molecule has 3 atom stereocenters. The van der Waals surface area contributed by atoms with Gasteiger partial charge in [-0.2, -0.15) is 0 Å². The predicted octanol–water partition coefficient (Wildman–Crippen LogP) is 5.58. The highest BCUT2D eigenvalue weighted by atomic mass is 79.9. The van der Waals surface area contributed by atoms with E-state index in [1.54, 1.807) is 0 Å². The minimum absolute atomic E-state index is 0.562. The van der Waals surface area contributed by atoms with E-state index in [2.05, 4.69) is 52.5 Å². The molecule has 0 N–H and O–H groups in total. The lowest BCUT2D eigenvalue weighted by Gasteiger charge is -2.23. The number of hydrogen-bond donors (Lipinski definition) is 0. The second kappa shape index (κ2) is 6.29. The van der Waals surface area contributed by atoms with Crippen LogP contribution in [0.1, 0.15) is 45.0 Å². The molecule has 4 heteroatoms. The molecular formula is C17H22BrClN2. The molecule has 1 saturated carbocycles. The number of rotatable bonds is 4. The average molecular weight is 370 g/mol. The molecule has 1 aliphatic rings. The molecule has 0 spiro atoms. The fourth-order valence-electron chi connectivity index (χ4n) is 3.91. The highest BCUT2D eigenvalue weighted by Crippen LogP contribution is 2.43. The third-order valence-corrected chi connectivity index (χ3v) is 5.76. The summed E-state index contributed by atoms with van der Waals surface area (Å²) in [4.78, 5) is 4.83. The van der Waals surface area contributed by atoms with Crippen LogP contribution in [0.4, 0.5) is 0 Å². The molecule has 1 aliphatic carbocycles. The van der Waals surface area contributed by atoms with Crippen molar-refractivity contribution in [1.82, 2.24) is 9.55 Å². The first kappa shape index (κ1) is 15.4. The summed E-state index contributed by atoms with van der Waals surface area (Å²) in [6.07, 6.45) is 4.70. The maximum absolute atomic E-state index is 6.00. The van der Waals surface area contributed by atoms with Crippen molar-refractivity contribution in [3.63, 3.8) is 0 Å². The van der Waals surface area contributed by atoms with E-state index in [9.17, 15) is 0 Å². The van der Waals surface area contributed by atoms with E-state index in [0.717, 1.165) is 28.2 Å². The zero-order chi connectivity index (χ0) is 15.0. The molecule has 0 aliphatic heterocycles. The quantitative estimate of drug-likeness (QED) is 0.643. The van der Waals surface area contributed by atoms with E-state index in [1.807, 2.05) is 0 Å². The number of halogens is 2. The summed E-state index contributed by atoms with van der Waals surface area (Å²) in [5, 5.41) is 0. The minimum atomic E-state index is 0.562. The Hall–Kier alpha value is -0.540. The summed E-state index contributed by atoms with van der Waals surface area (Å²) < 4.78 is 3.59. The molecule has 1 heterocycles. The summed E-state index contributed by atoms with van der Waals surface area (Å²) in [6.45, 7) is 4.71. The van der Waals surface area contributed by atoms with Gasteiger partial charge in [0.2, 0.25) is 0 Å². The van der Waals surface area contributed by atoms with Gasteiger partial charge in [-0.1, -0.05) is 36.2 Å². The Morgan fingerprint density at radius 2 is 2.19 bits per heavy atom. The normalized spacial score (nSPS) is 25.8. The zero-order valence-corrected chi connectivity index (χ0v) is 15.0. The third-order valence-electron chi connectivity index (χ3n) is 5.08. The average Bonchev–Trinajstić information content (AvgIpc) is 2.99. The largest absolute Gasteiger partial charge is 0.325 e. The van der Waals surface area contributed by atoms with E-state index >= 15 is 0 Å². The van der Waals surface area contributed by atoms with Crippen LogP contribution in [0.2, 0.25) is 0 Å². The molecule has 0 amide bonds. The first-order valence-corrected chi connectivity index (χ1v) is 9.20. The van der Waals surface area contributed by atoms with Gasteiger partial charge in [-0.3, -0.25) is 0 Å². The van der Waals surface area contributed by atoms with Crippen LogP contribution in [0.25, 0.3) is 11.0 Å². The van der Waals surface area contributed by atoms with Crippen LogP contribution < -0.4 is 0 Å². The van der Waals surface area contributed by atoms with Crippen molar-refractivity contribution >= 4 is 38.6 Å². The summed E-state index contributed by atoms with van der Waals surface area (Å²) in [5.74, 6) is 3.32. The van der Waals surface area contributed by atoms with Crippen LogP contribution in [0.3, 0.4) is 0 Å². The Bertz CT molecular complexity index is 637. The molecule has 2 nitrogen and oxygen atoms in total. The van der Waals surface area contributed by atoms with Gasteiger partial charge in [0.25, 0.3) is 0 Å². The summed E-state index contributed by atoms with van der Waals surface area (Å²) in [5.41, 5.74) is 2.34. The molecule has 3 rings (SSSR count). The van der Waals surface area contributed by atoms with E-state index in [1.165, 1.54) is 24.8 Å². The van der Waals surface area contributed by atoms with Gasteiger partial charge in [-0.15, -0.1) is 11.6 Å². The maximum atomic E-state index is 6.00. The van der Waals surface area contributed by atoms with Gasteiger partial charge in [0.05, 0.1) is 11.0 Å². The molecule has 2 aromatic rings. The fraction of sp³-hybridized carbons (Fsp3) is 0.588. The lowest BCUT2D eigenvalue weighted by molar-refractivity contribution is 0.329. The molecule has 114 valence electrons. The standard InChI is InChI=1S/C17H22BrClN2/c1-3-12-4-7-15(11(12)2)21-16-10-13(18)5-6-14(16)20-17(21)8-9-19/h5-6,10-12,15H,3-4,7-9H2,1-2H3. The van der Waals surface area contributed by atoms with E-state index in [-0.39, 0.29) is 0 Å². The number of imidazole rings is 1. The van der Waals surface area contributed by atoms with Gasteiger partial charge in [0.15, 0.2) is 0 Å². The smallest absolute Gasteiger partial charge is 0.111 e. The van der Waals surface area contributed by atoms with Crippen LogP contribution in [0, 0.1) is 11.8 Å². The van der Waals surface area contributed by atoms with Crippen LogP contribution >= 0.6 is 27.5 Å². The molecule has 0 radical (unpaired) electrons. The lowest BCUT2D eigenvalue weighted by Crippen LogP contribution is -2.18. The second-order valence-corrected chi connectivity index (χ2v) is 7.44. The third kappa shape index (κ3) is 2.75. The van der Waals surface area contributed by atoms with Crippen LogP contribution in [0.5, 0.6) is 0 Å². The molecule has 0 bridgehead atoms. The first-order valence-electron chi connectivity index (χ1n) is 7.88. The van der Waals surface area contributed by atoms with Gasteiger partial charge < -0.3 is 4.57 Å². The number of fused-ring (bicyclic) bond motifs is 1. The molecule has 0 saturated heterocycles. The van der Waals surface area contributed by atoms with Gasteiger partial charge in [0.1, 0.15) is 5.82 Å². The van der Waals surface area contributed by atoms with Crippen molar-refractivity contribution in [2.24, 2.45) is 11.8 Å². The van der Waals surface area contributed by atoms with Gasteiger partial charge in [0, 0.05) is 22.8 Å². The van der Waals surface area contributed by atoms with Crippen LogP contribution in [-0.4, -0.2) is 15.4 Å². The number of hydrogen-bond acceptors (Lipinski definition) is 1. The van der Waals surface area contributed by atoms with Gasteiger partial charge >= 0.3 is 0 Å². The molecular weight excluding hydrogens is 348 g/mol. The van der Waals surface area contributed by atoms with Gasteiger partial charge in [-0.25, -0.2) is 4.98 Å². The van der Waals surface area contributed by atoms with Crippen molar-refractivity contribution in [1.29, 1.82) is 0 Å². The number of alkyl halides is 1. The fourth-order valence-corrected chi connectivity index (χ4v) is 4.43. The highest BCUT2D eigenvalue weighted by Gasteiger charge is 2.34. The number of nitrogens with zero attached hydrogens (tertiary/aromatic N) is 2. The highest BCUT2D eigenvalue weighted by molar-refractivity contribution is 9.10. The second-order valence-electron chi connectivity index (χ2n) is 6.14. The Balaban J connectivity index is 2.10. The van der Waals surface area contributed by atoms with Crippen LogP contribution in [0.15, 0.2) is 22.7 Å².